The van der Waals surface area contributed by atoms with Gasteiger partial charge in [-0.2, -0.15) is 0 Å². The summed E-state index contributed by atoms with van der Waals surface area (Å²) in [4.78, 5) is 12.2. The van der Waals surface area contributed by atoms with Crippen molar-refractivity contribution < 1.29 is 13.2 Å². The molecule has 1 amide bonds. The van der Waals surface area contributed by atoms with Crippen molar-refractivity contribution in [1.82, 2.24) is 5.32 Å². The first kappa shape index (κ1) is 14.5. The molecule has 1 atom stereocenters. The van der Waals surface area contributed by atoms with Crippen LogP contribution >= 0.6 is 0 Å². The lowest BCUT2D eigenvalue weighted by atomic mass is 9.83. The fourth-order valence-electron chi connectivity index (χ4n) is 3.08. The number of nitrogens with two attached hydrogens (primary N) is 1. The number of hydrogen-bond donors (Lipinski definition) is 2. The van der Waals surface area contributed by atoms with Crippen LogP contribution in [-0.2, 0) is 21.2 Å². The number of fused-ring (bicyclic) bond motifs is 1. The van der Waals surface area contributed by atoms with Crippen LogP contribution in [0, 0.1) is 5.92 Å². The van der Waals surface area contributed by atoms with Gasteiger partial charge in [0.2, 0.25) is 15.9 Å². The predicted octanol–water partition coefficient (Wildman–Crippen LogP) is 1.63. The number of carbonyl (C=O) groups is 1. The van der Waals surface area contributed by atoms with E-state index in [1.54, 1.807) is 12.1 Å². The van der Waals surface area contributed by atoms with E-state index in [-0.39, 0.29) is 22.8 Å². The Balaban J connectivity index is 1.83. The molecule has 0 saturated heterocycles. The number of carbonyl (C=O) groups excluding carboxylic acids is 1. The quantitative estimate of drug-likeness (QED) is 0.889. The third-order valence-corrected chi connectivity index (χ3v) is 5.46. The zero-order valence-electron chi connectivity index (χ0n) is 11.8. The van der Waals surface area contributed by atoms with Crippen LogP contribution in [0.3, 0.4) is 0 Å². The zero-order chi connectivity index (χ0) is 15.0. The SMILES string of the molecule is NS(=O)(=O)c1ccc2c(c1)CCCC2NC(=O)C1CCC1. The maximum atomic E-state index is 12.1. The Morgan fingerprint density at radius 1 is 1.19 bits per heavy atom. The van der Waals surface area contributed by atoms with Gasteiger partial charge in [-0.3, -0.25) is 4.79 Å². The predicted molar refractivity (Wildman–Crippen MR) is 79.0 cm³/mol. The maximum Gasteiger partial charge on any atom is 0.238 e. The van der Waals surface area contributed by atoms with Crippen LogP contribution in [0.1, 0.15) is 49.3 Å². The average Bonchev–Trinajstić information content (AvgIpc) is 2.35. The second-order valence-corrected chi connectivity index (χ2v) is 7.55. The number of rotatable bonds is 3. The Morgan fingerprint density at radius 3 is 2.57 bits per heavy atom. The van der Waals surface area contributed by atoms with Crippen LogP contribution in [0.15, 0.2) is 23.1 Å². The second kappa shape index (κ2) is 5.42. The molecule has 3 rings (SSSR count). The van der Waals surface area contributed by atoms with E-state index in [4.69, 9.17) is 5.14 Å². The average molecular weight is 308 g/mol. The van der Waals surface area contributed by atoms with E-state index in [1.807, 2.05) is 0 Å². The van der Waals surface area contributed by atoms with Crippen molar-refractivity contribution in [3.8, 4) is 0 Å². The number of aryl methyl sites for hydroxylation is 1. The Kier molecular flexibility index (Phi) is 3.75. The fourth-order valence-corrected chi connectivity index (χ4v) is 3.64. The zero-order valence-corrected chi connectivity index (χ0v) is 12.7. The van der Waals surface area contributed by atoms with Crippen molar-refractivity contribution in [1.29, 1.82) is 0 Å². The minimum atomic E-state index is -3.67. The van der Waals surface area contributed by atoms with Crippen LogP contribution in [0.2, 0.25) is 0 Å². The van der Waals surface area contributed by atoms with E-state index in [1.165, 1.54) is 6.07 Å². The molecule has 1 unspecified atom stereocenters. The Morgan fingerprint density at radius 2 is 1.95 bits per heavy atom. The van der Waals surface area contributed by atoms with Gasteiger partial charge in [0.05, 0.1) is 10.9 Å². The highest BCUT2D eigenvalue weighted by Crippen LogP contribution is 2.33. The van der Waals surface area contributed by atoms with Crippen LogP contribution in [0.4, 0.5) is 0 Å². The molecule has 0 radical (unpaired) electrons. The van der Waals surface area contributed by atoms with Gasteiger partial charge in [0.1, 0.15) is 0 Å². The van der Waals surface area contributed by atoms with Gasteiger partial charge >= 0.3 is 0 Å². The van der Waals surface area contributed by atoms with Crippen molar-refractivity contribution in [2.24, 2.45) is 11.1 Å². The summed E-state index contributed by atoms with van der Waals surface area (Å²) in [7, 11) is -3.67. The summed E-state index contributed by atoms with van der Waals surface area (Å²) in [5.74, 6) is 0.300. The summed E-state index contributed by atoms with van der Waals surface area (Å²) in [5, 5.41) is 8.29. The molecule has 0 aromatic heterocycles. The summed E-state index contributed by atoms with van der Waals surface area (Å²) < 4.78 is 22.8. The fraction of sp³-hybridized carbons (Fsp3) is 0.533. The highest BCUT2D eigenvalue weighted by molar-refractivity contribution is 7.89. The van der Waals surface area contributed by atoms with Crippen molar-refractivity contribution >= 4 is 15.9 Å². The lowest BCUT2D eigenvalue weighted by Crippen LogP contribution is -2.38. The minimum absolute atomic E-state index is 0.00335. The minimum Gasteiger partial charge on any atom is -0.349 e. The van der Waals surface area contributed by atoms with Gasteiger partial charge < -0.3 is 5.32 Å². The number of sulfonamides is 1. The highest BCUT2D eigenvalue weighted by Gasteiger charge is 2.29. The summed E-state index contributed by atoms with van der Waals surface area (Å²) in [6.07, 6.45) is 5.77. The van der Waals surface area contributed by atoms with Crippen molar-refractivity contribution in [2.75, 3.05) is 0 Å². The van der Waals surface area contributed by atoms with Crippen LogP contribution in [0.5, 0.6) is 0 Å². The lowest BCUT2D eigenvalue weighted by molar-refractivity contribution is -0.128. The molecule has 2 aliphatic carbocycles. The number of hydrogen-bond acceptors (Lipinski definition) is 3. The molecular formula is C15H20N2O3S. The molecule has 0 aliphatic heterocycles. The topological polar surface area (TPSA) is 89.3 Å². The van der Waals surface area contributed by atoms with E-state index in [0.717, 1.165) is 49.7 Å². The number of amides is 1. The van der Waals surface area contributed by atoms with E-state index in [2.05, 4.69) is 5.32 Å². The molecule has 0 bridgehead atoms. The van der Waals surface area contributed by atoms with Gasteiger partial charge in [-0.15, -0.1) is 0 Å². The number of benzene rings is 1. The van der Waals surface area contributed by atoms with Gasteiger partial charge in [-0.1, -0.05) is 12.5 Å². The Bertz CT molecular complexity index is 665. The monoisotopic (exact) mass is 308 g/mol. The molecular weight excluding hydrogens is 288 g/mol. The summed E-state index contributed by atoms with van der Waals surface area (Å²) in [6.45, 7) is 0. The number of nitrogens with one attached hydrogen (secondary N) is 1. The lowest BCUT2D eigenvalue weighted by Gasteiger charge is -2.31. The van der Waals surface area contributed by atoms with Gasteiger partial charge in [0.25, 0.3) is 0 Å². The van der Waals surface area contributed by atoms with E-state index >= 15 is 0 Å². The largest absolute Gasteiger partial charge is 0.349 e. The molecule has 5 nitrogen and oxygen atoms in total. The summed E-state index contributed by atoms with van der Waals surface area (Å²) in [5.41, 5.74) is 2.01. The van der Waals surface area contributed by atoms with Crippen LogP contribution < -0.4 is 10.5 Å². The molecule has 1 saturated carbocycles. The maximum absolute atomic E-state index is 12.1. The standard InChI is InChI=1S/C15H20N2O3S/c16-21(19,20)12-7-8-13-11(9-12)5-2-6-14(13)17-15(18)10-3-1-4-10/h7-10,14H,1-6H2,(H,17,18)(H2,16,19,20). The third kappa shape index (κ3) is 2.96. The molecule has 1 aromatic carbocycles. The van der Waals surface area contributed by atoms with Crippen LogP contribution in [0.25, 0.3) is 0 Å². The highest BCUT2D eigenvalue weighted by atomic mass is 32.2. The smallest absolute Gasteiger partial charge is 0.238 e. The molecule has 2 aliphatic rings. The molecule has 21 heavy (non-hydrogen) atoms. The molecule has 0 spiro atoms. The van der Waals surface area contributed by atoms with E-state index in [9.17, 15) is 13.2 Å². The Labute approximate surface area is 125 Å². The van der Waals surface area contributed by atoms with Gasteiger partial charge in [-0.05, 0) is 55.4 Å². The van der Waals surface area contributed by atoms with Crippen molar-refractivity contribution in [3.05, 3.63) is 29.3 Å². The van der Waals surface area contributed by atoms with Gasteiger partial charge in [0.15, 0.2) is 0 Å². The molecule has 114 valence electrons. The molecule has 1 aromatic rings. The summed E-state index contributed by atoms with van der Waals surface area (Å²) in [6, 6.07) is 4.96. The van der Waals surface area contributed by atoms with Gasteiger partial charge in [-0.25, -0.2) is 13.6 Å². The first-order chi connectivity index (χ1) is 9.95. The molecule has 3 N–H and O–H groups in total. The number of primary sulfonamides is 1. The Hall–Kier alpha value is -1.40. The first-order valence-corrected chi connectivity index (χ1v) is 8.96. The normalized spacial score (nSPS) is 22.2. The molecule has 0 heterocycles. The second-order valence-electron chi connectivity index (χ2n) is 5.99. The van der Waals surface area contributed by atoms with Crippen molar-refractivity contribution in [3.63, 3.8) is 0 Å². The summed E-state index contributed by atoms with van der Waals surface area (Å²) >= 11 is 0. The van der Waals surface area contributed by atoms with E-state index < -0.39 is 10.0 Å². The third-order valence-electron chi connectivity index (χ3n) is 4.55. The first-order valence-electron chi connectivity index (χ1n) is 7.41. The van der Waals surface area contributed by atoms with E-state index in [0.29, 0.717) is 0 Å². The van der Waals surface area contributed by atoms with Crippen molar-refractivity contribution in [2.45, 2.75) is 49.5 Å². The molecule has 1 fully saturated rings. The van der Waals surface area contributed by atoms with Gasteiger partial charge in [0, 0.05) is 5.92 Å². The molecule has 6 heteroatoms. The van der Waals surface area contributed by atoms with Crippen LogP contribution in [-0.4, -0.2) is 14.3 Å².